The SMILES string of the molecule is CCOC(=O)CCCCCCNC(=NC)NCCc1csc(C)n1. The number of aryl methyl sites for hydroxylation is 1. The van der Waals surface area contributed by atoms with Crippen molar-refractivity contribution in [2.75, 3.05) is 26.7 Å². The molecule has 0 fully saturated rings. The second kappa shape index (κ2) is 12.8. The highest BCUT2D eigenvalue weighted by Crippen LogP contribution is 2.07. The molecule has 136 valence electrons. The molecule has 0 saturated carbocycles. The molecule has 0 saturated heterocycles. The number of nitrogens with zero attached hydrogens (tertiary/aromatic N) is 2. The minimum absolute atomic E-state index is 0.0875. The predicted octanol–water partition coefficient (Wildman–Crippen LogP) is 2.67. The van der Waals surface area contributed by atoms with Crippen molar-refractivity contribution in [2.24, 2.45) is 4.99 Å². The summed E-state index contributed by atoms with van der Waals surface area (Å²) in [5.41, 5.74) is 1.13. The number of aliphatic imine (C=N–C) groups is 1. The number of ether oxygens (including phenoxy) is 1. The van der Waals surface area contributed by atoms with Crippen LogP contribution in [0.4, 0.5) is 0 Å². The Morgan fingerprint density at radius 2 is 2.00 bits per heavy atom. The number of aromatic nitrogens is 1. The van der Waals surface area contributed by atoms with Crippen molar-refractivity contribution in [2.45, 2.75) is 52.4 Å². The lowest BCUT2D eigenvalue weighted by molar-refractivity contribution is -0.143. The molecule has 7 heteroatoms. The summed E-state index contributed by atoms with van der Waals surface area (Å²) in [6.07, 6.45) is 5.55. The van der Waals surface area contributed by atoms with Gasteiger partial charge in [0, 0.05) is 38.4 Å². The van der Waals surface area contributed by atoms with Crippen LogP contribution in [0.25, 0.3) is 0 Å². The third-order valence-electron chi connectivity index (χ3n) is 3.47. The second-order valence-electron chi connectivity index (χ2n) is 5.50. The molecular weight excluding hydrogens is 324 g/mol. The summed E-state index contributed by atoms with van der Waals surface area (Å²) in [7, 11) is 1.78. The second-order valence-corrected chi connectivity index (χ2v) is 6.57. The number of thiazole rings is 1. The van der Waals surface area contributed by atoms with E-state index >= 15 is 0 Å². The maximum Gasteiger partial charge on any atom is 0.305 e. The average molecular weight is 355 g/mol. The van der Waals surface area contributed by atoms with Crippen LogP contribution in [-0.4, -0.2) is 43.7 Å². The Kier molecular flexibility index (Phi) is 10.8. The van der Waals surface area contributed by atoms with Gasteiger partial charge in [0.25, 0.3) is 0 Å². The van der Waals surface area contributed by atoms with Gasteiger partial charge in [-0.25, -0.2) is 4.98 Å². The molecule has 0 unspecified atom stereocenters. The number of hydrogen-bond acceptors (Lipinski definition) is 5. The first-order valence-electron chi connectivity index (χ1n) is 8.66. The highest BCUT2D eigenvalue weighted by molar-refractivity contribution is 7.09. The number of nitrogens with one attached hydrogen (secondary N) is 2. The van der Waals surface area contributed by atoms with Crippen molar-refractivity contribution in [1.82, 2.24) is 15.6 Å². The first-order chi connectivity index (χ1) is 11.7. The molecule has 0 aliphatic rings. The van der Waals surface area contributed by atoms with Crippen LogP contribution in [0, 0.1) is 6.92 Å². The summed E-state index contributed by atoms with van der Waals surface area (Å²) >= 11 is 1.68. The van der Waals surface area contributed by atoms with Gasteiger partial charge in [0.05, 0.1) is 17.3 Å². The van der Waals surface area contributed by atoms with Gasteiger partial charge in [0.15, 0.2) is 5.96 Å². The van der Waals surface area contributed by atoms with Crippen LogP contribution in [0.15, 0.2) is 10.4 Å². The maximum atomic E-state index is 11.2. The molecule has 1 aromatic rings. The smallest absolute Gasteiger partial charge is 0.305 e. The number of hydrogen-bond donors (Lipinski definition) is 2. The van der Waals surface area contributed by atoms with Gasteiger partial charge in [-0.15, -0.1) is 11.3 Å². The molecule has 0 spiro atoms. The normalized spacial score (nSPS) is 11.4. The van der Waals surface area contributed by atoms with Gasteiger partial charge >= 0.3 is 5.97 Å². The molecule has 1 aromatic heterocycles. The lowest BCUT2D eigenvalue weighted by Gasteiger charge is -2.11. The van der Waals surface area contributed by atoms with E-state index in [4.69, 9.17) is 4.74 Å². The third kappa shape index (κ3) is 9.50. The molecule has 1 rings (SSSR count). The highest BCUT2D eigenvalue weighted by Gasteiger charge is 2.02. The molecule has 0 amide bonds. The standard InChI is InChI=1S/C17H30N4O2S/c1-4-23-16(22)9-7-5-6-8-11-19-17(18-3)20-12-10-15-13-24-14(2)21-15/h13H,4-12H2,1-3H3,(H2,18,19,20). The molecule has 2 N–H and O–H groups in total. The number of carbonyl (C=O) groups is 1. The van der Waals surface area contributed by atoms with E-state index in [2.05, 4.69) is 26.0 Å². The van der Waals surface area contributed by atoms with Crippen molar-refractivity contribution in [3.63, 3.8) is 0 Å². The number of rotatable bonds is 11. The monoisotopic (exact) mass is 354 g/mol. The van der Waals surface area contributed by atoms with Gasteiger partial charge in [-0.05, 0) is 26.7 Å². The van der Waals surface area contributed by atoms with E-state index in [9.17, 15) is 4.79 Å². The number of carbonyl (C=O) groups excluding carboxylic acids is 1. The molecule has 0 aliphatic carbocycles. The first-order valence-corrected chi connectivity index (χ1v) is 9.54. The topological polar surface area (TPSA) is 75.6 Å². The zero-order valence-corrected chi connectivity index (χ0v) is 15.9. The van der Waals surface area contributed by atoms with Crippen LogP contribution < -0.4 is 10.6 Å². The van der Waals surface area contributed by atoms with Gasteiger partial charge in [0.1, 0.15) is 0 Å². The Labute approximate surface area is 149 Å². The lowest BCUT2D eigenvalue weighted by Crippen LogP contribution is -2.38. The van der Waals surface area contributed by atoms with Gasteiger partial charge < -0.3 is 15.4 Å². The summed E-state index contributed by atoms with van der Waals surface area (Å²) in [6, 6.07) is 0. The fourth-order valence-corrected chi connectivity index (χ4v) is 2.89. The van der Waals surface area contributed by atoms with Crippen LogP contribution in [0.3, 0.4) is 0 Å². The Balaban J connectivity index is 2.00. The molecule has 6 nitrogen and oxygen atoms in total. The first kappa shape index (κ1) is 20.4. The number of guanidine groups is 1. The summed E-state index contributed by atoms with van der Waals surface area (Å²) in [6.45, 7) is 6.03. The largest absolute Gasteiger partial charge is 0.466 e. The quantitative estimate of drug-likeness (QED) is 0.277. The molecule has 0 atom stereocenters. The van der Waals surface area contributed by atoms with E-state index in [1.54, 1.807) is 18.4 Å². The van der Waals surface area contributed by atoms with Crippen LogP contribution in [0.5, 0.6) is 0 Å². The maximum absolute atomic E-state index is 11.2. The van der Waals surface area contributed by atoms with E-state index in [1.807, 2.05) is 13.8 Å². The fourth-order valence-electron chi connectivity index (χ4n) is 2.24. The van der Waals surface area contributed by atoms with Crippen LogP contribution in [0.2, 0.25) is 0 Å². The zero-order chi connectivity index (χ0) is 17.6. The Bertz CT molecular complexity index is 503. The van der Waals surface area contributed by atoms with Gasteiger partial charge in [0.2, 0.25) is 0 Å². The van der Waals surface area contributed by atoms with Crippen LogP contribution >= 0.6 is 11.3 Å². The van der Waals surface area contributed by atoms with Gasteiger partial charge in [-0.3, -0.25) is 9.79 Å². The molecule has 1 heterocycles. The molecular formula is C17H30N4O2S. The van der Waals surface area contributed by atoms with E-state index in [0.29, 0.717) is 13.0 Å². The van der Waals surface area contributed by atoms with Gasteiger partial charge in [-0.2, -0.15) is 0 Å². The van der Waals surface area contributed by atoms with Gasteiger partial charge in [-0.1, -0.05) is 12.8 Å². The Morgan fingerprint density at radius 1 is 1.25 bits per heavy atom. The Morgan fingerprint density at radius 3 is 2.67 bits per heavy atom. The summed E-state index contributed by atoms with van der Waals surface area (Å²) in [4.78, 5) is 19.9. The molecule has 0 radical (unpaired) electrons. The third-order valence-corrected chi connectivity index (χ3v) is 4.29. The zero-order valence-electron chi connectivity index (χ0n) is 15.1. The van der Waals surface area contributed by atoms with Crippen molar-refractivity contribution in [3.05, 3.63) is 16.1 Å². The predicted molar refractivity (Wildman–Crippen MR) is 99.6 cm³/mol. The van der Waals surface area contributed by atoms with E-state index in [1.165, 1.54) is 0 Å². The summed E-state index contributed by atoms with van der Waals surface area (Å²) in [5.74, 6) is 0.740. The minimum atomic E-state index is -0.0875. The molecule has 0 bridgehead atoms. The molecule has 0 aliphatic heterocycles. The number of esters is 1. The van der Waals surface area contributed by atoms with E-state index < -0.39 is 0 Å². The fraction of sp³-hybridized carbons (Fsp3) is 0.706. The van der Waals surface area contributed by atoms with Crippen molar-refractivity contribution in [3.8, 4) is 0 Å². The van der Waals surface area contributed by atoms with E-state index in [0.717, 1.165) is 61.9 Å². The van der Waals surface area contributed by atoms with E-state index in [-0.39, 0.29) is 5.97 Å². The average Bonchev–Trinajstić information content (AvgIpc) is 2.97. The van der Waals surface area contributed by atoms with Crippen LogP contribution in [0.1, 0.15) is 49.7 Å². The van der Waals surface area contributed by atoms with Crippen LogP contribution in [-0.2, 0) is 16.0 Å². The van der Waals surface area contributed by atoms with Crippen molar-refractivity contribution >= 4 is 23.3 Å². The minimum Gasteiger partial charge on any atom is -0.466 e. The number of unbranched alkanes of at least 4 members (excludes halogenated alkanes) is 3. The summed E-state index contributed by atoms with van der Waals surface area (Å²) < 4.78 is 4.91. The Hall–Kier alpha value is -1.63. The summed E-state index contributed by atoms with van der Waals surface area (Å²) in [5, 5.41) is 9.82. The van der Waals surface area contributed by atoms with Crippen molar-refractivity contribution < 1.29 is 9.53 Å². The molecule has 24 heavy (non-hydrogen) atoms. The van der Waals surface area contributed by atoms with Crippen molar-refractivity contribution in [1.29, 1.82) is 0 Å². The lowest BCUT2D eigenvalue weighted by atomic mass is 10.1. The molecule has 0 aromatic carbocycles. The highest BCUT2D eigenvalue weighted by atomic mass is 32.1.